The van der Waals surface area contributed by atoms with Crippen LogP contribution in [0.15, 0.2) is 52.4 Å². The van der Waals surface area contributed by atoms with Crippen molar-refractivity contribution < 1.29 is 9.32 Å². The highest BCUT2D eigenvalue weighted by Gasteiger charge is 2.18. The molecular formula is C17H18N4O2S. The van der Waals surface area contributed by atoms with Gasteiger partial charge in [0.05, 0.1) is 12.1 Å². The minimum Gasteiger partial charge on any atom is -0.334 e. The van der Waals surface area contributed by atoms with Crippen LogP contribution in [-0.2, 0) is 0 Å². The van der Waals surface area contributed by atoms with Gasteiger partial charge in [0.25, 0.3) is 5.89 Å². The van der Waals surface area contributed by atoms with Gasteiger partial charge in [-0.05, 0) is 37.4 Å². The summed E-state index contributed by atoms with van der Waals surface area (Å²) in [5, 5.41) is 11.7. The highest BCUT2D eigenvalue weighted by atomic mass is 32.1. The quantitative estimate of drug-likeness (QED) is 0.736. The summed E-state index contributed by atoms with van der Waals surface area (Å²) in [7, 11) is 0. The van der Waals surface area contributed by atoms with E-state index in [1.807, 2.05) is 61.7 Å². The summed E-state index contributed by atoms with van der Waals surface area (Å²) in [4.78, 5) is 17.6. The van der Waals surface area contributed by atoms with Gasteiger partial charge in [-0.15, -0.1) is 11.3 Å². The van der Waals surface area contributed by atoms with Gasteiger partial charge in [0.2, 0.25) is 0 Å². The number of benzene rings is 1. The van der Waals surface area contributed by atoms with Gasteiger partial charge < -0.3 is 15.2 Å². The molecule has 2 heterocycles. The van der Waals surface area contributed by atoms with E-state index in [1.165, 1.54) is 0 Å². The first kappa shape index (κ1) is 16.2. The molecule has 2 amide bonds. The molecular weight excluding hydrogens is 324 g/mol. The lowest BCUT2D eigenvalue weighted by molar-refractivity contribution is 0.234. The Hall–Kier alpha value is -2.67. The molecule has 2 aromatic heterocycles. The molecule has 0 spiro atoms. The zero-order chi connectivity index (χ0) is 16.9. The zero-order valence-corrected chi connectivity index (χ0v) is 14.2. The average Bonchev–Trinajstić information content (AvgIpc) is 3.27. The van der Waals surface area contributed by atoms with Gasteiger partial charge in [0, 0.05) is 10.4 Å². The molecule has 6 nitrogen and oxygen atoms in total. The number of rotatable bonds is 5. The molecule has 0 bridgehead atoms. The minimum atomic E-state index is -0.359. The average molecular weight is 342 g/mol. The lowest BCUT2D eigenvalue weighted by atomic mass is 10.2. The Morgan fingerprint density at radius 3 is 2.54 bits per heavy atom. The Balaban J connectivity index is 1.60. The topological polar surface area (TPSA) is 80.0 Å². The number of carbonyl (C=O) groups is 1. The van der Waals surface area contributed by atoms with E-state index in [4.69, 9.17) is 4.52 Å². The normalized spacial score (nSPS) is 13.2. The largest absolute Gasteiger partial charge is 0.334 e. The summed E-state index contributed by atoms with van der Waals surface area (Å²) >= 11 is 1.61. The molecule has 124 valence electrons. The highest BCUT2D eigenvalue weighted by Crippen LogP contribution is 2.20. The van der Waals surface area contributed by atoms with Crippen molar-refractivity contribution in [1.82, 2.24) is 20.8 Å². The van der Waals surface area contributed by atoms with Crippen molar-refractivity contribution in [1.29, 1.82) is 0 Å². The van der Waals surface area contributed by atoms with E-state index in [2.05, 4.69) is 20.8 Å². The van der Waals surface area contributed by atoms with Gasteiger partial charge in [-0.25, -0.2) is 4.79 Å². The van der Waals surface area contributed by atoms with Crippen LogP contribution in [-0.4, -0.2) is 16.2 Å². The first-order valence-corrected chi connectivity index (χ1v) is 8.51. The van der Waals surface area contributed by atoms with E-state index in [9.17, 15) is 4.79 Å². The fraction of sp³-hybridized carbons (Fsp3) is 0.235. The van der Waals surface area contributed by atoms with Crippen LogP contribution in [0, 0.1) is 0 Å². The molecule has 7 heteroatoms. The third-order valence-electron chi connectivity index (χ3n) is 3.51. The van der Waals surface area contributed by atoms with Crippen molar-refractivity contribution >= 4 is 17.4 Å². The molecule has 24 heavy (non-hydrogen) atoms. The molecule has 0 unspecified atom stereocenters. The molecule has 0 saturated heterocycles. The van der Waals surface area contributed by atoms with Gasteiger partial charge in [-0.2, -0.15) is 4.98 Å². The summed E-state index contributed by atoms with van der Waals surface area (Å²) in [5.74, 6) is 0.874. The Morgan fingerprint density at radius 2 is 1.83 bits per heavy atom. The lowest BCUT2D eigenvalue weighted by Crippen LogP contribution is -2.38. The fourth-order valence-electron chi connectivity index (χ4n) is 2.22. The van der Waals surface area contributed by atoms with E-state index in [-0.39, 0.29) is 18.1 Å². The van der Waals surface area contributed by atoms with Crippen LogP contribution >= 0.6 is 11.3 Å². The third kappa shape index (κ3) is 3.80. The van der Waals surface area contributed by atoms with Crippen LogP contribution in [0.2, 0.25) is 0 Å². The van der Waals surface area contributed by atoms with Gasteiger partial charge in [0.1, 0.15) is 0 Å². The van der Waals surface area contributed by atoms with Gasteiger partial charge in [-0.1, -0.05) is 29.4 Å². The molecule has 2 N–H and O–H groups in total. The number of carbonyl (C=O) groups excluding carboxylic acids is 1. The Labute approximate surface area is 143 Å². The van der Waals surface area contributed by atoms with Crippen molar-refractivity contribution in [3.63, 3.8) is 0 Å². The minimum absolute atomic E-state index is 0.0534. The SMILES string of the molecule is C[C@H](NC(=O)N[C@H](C)c1cccs1)c1noc(-c2ccccc2)n1. The smallest absolute Gasteiger partial charge is 0.315 e. The van der Waals surface area contributed by atoms with Crippen LogP contribution in [0.1, 0.15) is 36.6 Å². The Morgan fingerprint density at radius 1 is 1.08 bits per heavy atom. The molecule has 0 saturated carbocycles. The molecule has 0 radical (unpaired) electrons. The summed E-state index contributed by atoms with van der Waals surface area (Å²) in [6, 6.07) is 12.8. The molecule has 0 aliphatic rings. The standard InChI is InChI=1S/C17H18N4O2S/c1-11(14-9-6-10-24-14)18-17(22)19-12(2)15-20-16(23-21-15)13-7-4-3-5-8-13/h3-12H,1-2H3,(H2,18,19,22)/t11-,12+/m1/s1. The van der Waals surface area contributed by atoms with Gasteiger partial charge in [-0.3, -0.25) is 0 Å². The number of hydrogen-bond donors (Lipinski definition) is 2. The fourth-order valence-corrected chi connectivity index (χ4v) is 2.95. The first-order chi connectivity index (χ1) is 11.6. The van der Waals surface area contributed by atoms with Crippen LogP contribution in [0.4, 0.5) is 4.79 Å². The predicted octanol–water partition coefficient (Wildman–Crippen LogP) is 3.92. The van der Waals surface area contributed by atoms with E-state index >= 15 is 0 Å². The maximum Gasteiger partial charge on any atom is 0.315 e. The number of hydrogen-bond acceptors (Lipinski definition) is 5. The predicted molar refractivity (Wildman–Crippen MR) is 92.6 cm³/mol. The number of aromatic nitrogens is 2. The van der Waals surface area contributed by atoms with E-state index in [1.54, 1.807) is 11.3 Å². The molecule has 3 rings (SSSR count). The van der Waals surface area contributed by atoms with E-state index in [0.717, 1.165) is 10.4 Å². The second kappa shape index (κ2) is 7.27. The second-order valence-electron chi connectivity index (χ2n) is 5.40. The van der Waals surface area contributed by atoms with Crippen molar-refractivity contribution in [2.75, 3.05) is 0 Å². The van der Waals surface area contributed by atoms with Gasteiger partial charge in [0.15, 0.2) is 5.82 Å². The summed E-state index contributed by atoms with van der Waals surface area (Å²) < 4.78 is 5.26. The summed E-state index contributed by atoms with van der Waals surface area (Å²) in [6.45, 7) is 3.76. The molecule has 3 aromatic rings. The molecule has 0 aliphatic carbocycles. The van der Waals surface area contributed by atoms with Crippen LogP contribution in [0.25, 0.3) is 11.5 Å². The van der Waals surface area contributed by atoms with E-state index < -0.39 is 0 Å². The number of thiophene rings is 1. The van der Waals surface area contributed by atoms with Crippen LogP contribution in [0.3, 0.4) is 0 Å². The monoisotopic (exact) mass is 342 g/mol. The van der Waals surface area contributed by atoms with Crippen molar-refractivity contribution in [3.8, 4) is 11.5 Å². The maximum atomic E-state index is 12.1. The number of amides is 2. The molecule has 1 aromatic carbocycles. The summed E-state index contributed by atoms with van der Waals surface area (Å²) in [5.41, 5.74) is 0.846. The first-order valence-electron chi connectivity index (χ1n) is 7.63. The van der Waals surface area contributed by atoms with Crippen molar-refractivity contribution in [2.24, 2.45) is 0 Å². The molecule has 0 aliphatic heterocycles. The van der Waals surface area contributed by atoms with Gasteiger partial charge >= 0.3 is 6.03 Å². The number of nitrogens with zero attached hydrogens (tertiary/aromatic N) is 2. The second-order valence-corrected chi connectivity index (χ2v) is 6.38. The number of urea groups is 1. The van der Waals surface area contributed by atoms with Crippen LogP contribution in [0.5, 0.6) is 0 Å². The highest BCUT2D eigenvalue weighted by molar-refractivity contribution is 7.10. The Bertz CT molecular complexity index is 786. The van der Waals surface area contributed by atoms with E-state index in [0.29, 0.717) is 11.7 Å². The summed E-state index contributed by atoms with van der Waals surface area (Å²) in [6.07, 6.45) is 0. The molecule has 2 atom stereocenters. The zero-order valence-electron chi connectivity index (χ0n) is 13.4. The third-order valence-corrected chi connectivity index (χ3v) is 4.57. The van der Waals surface area contributed by atoms with Crippen molar-refractivity contribution in [2.45, 2.75) is 25.9 Å². The number of nitrogens with one attached hydrogen (secondary N) is 2. The van der Waals surface area contributed by atoms with Crippen LogP contribution < -0.4 is 10.6 Å². The maximum absolute atomic E-state index is 12.1. The Kier molecular flexibility index (Phi) is 4.90. The molecule has 0 fully saturated rings. The van der Waals surface area contributed by atoms with Crippen molar-refractivity contribution in [3.05, 3.63) is 58.5 Å². The lowest BCUT2D eigenvalue weighted by Gasteiger charge is -2.15.